The lowest BCUT2D eigenvalue weighted by molar-refractivity contribution is -0.0177. The van der Waals surface area contributed by atoms with Crippen LogP contribution in [-0.2, 0) is 9.47 Å². The molecule has 1 atom stereocenters. The molecular formula is C34H45N3O3. The van der Waals surface area contributed by atoms with E-state index in [1.807, 2.05) is 0 Å². The van der Waals surface area contributed by atoms with Crippen molar-refractivity contribution in [2.45, 2.75) is 64.9 Å². The fraction of sp³-hybridized carbons (Fsp3) is 0.500. The Morgan fingerprint density at radius 2 is 1.73 bits per heavy atom. The molecule has 2 aromatic carbocycles. The van der Waals surface area contributed by atoms with Crippen LogP contribution in [0.3, 0.4) is 0 Å². The van der Waals surface area contributed by atoms with E-state index in [9.17, 15) is 0 Å². The lowest BCUT2D eigenvalue weighted by Gasteiger charge is -2.34. The number of aliphatic imine (C=N–C) groups is 1. The molecule has 1 aliphatic carbocycles. The van der Waals surface area contributed by atoms with Gasteiger partial charge in [-0.2, -0.15) is 0 Å². The summed E-state index contributed by atoms with van der Waals surface area (Å²) >= 11 is 0. The van der Waals surface area contributed by atoms with Crippen LogP contribution >= 0.6 is 0 Å². The summed E-state index contributed by atoms with van der Waals surface area (Å²) in [4.78, 5) is 7.34. The van der Waals surface area contributed by atoms with Gasteiger partial charge in [-0.25, -0.2) is 4.99 Å². The molecule has 0 bridgehead atoms. The molecule has 6 heteroatoms. The number of hydrogen-bond acceptors (Lipinski definition) is 5. The predicted octanol–water partition coefficient (Wildman–Crippen LogP) is 7.44. The lowest BCUT2D eigenvalue weighted by Crippen LogP contribution is -2.45. The molecule has 0 amide bonds. The van der Waals surface area contributed by atoms with E-state index in [1.165, 1.54) is 49.7 Å². The van der Waals surface area contributed by atoms with Crippen LogP contribution < -0.4 is 10.1 Å². The van der Waals surface area contributed by atoms with Gasteiger partial charge in [-0.1, -0.05) is 63.5 Å². The minimum Gasteiger partial charge on any atom is -0.494 e. The van der Waals surface area contributed by atoms with Gasteiger partial charge in [-0.05, 0) is 67.5 Å². The second-order valence-electron chi connectivity index (χ2n) is 11.2. The first-order valence-corrected chi connectivity index (χ1v) is 15.1. The van der Waals surface area contributed by atoms with Gasteiger partial charge in [0, 0.05) is 30.0 Å². The molecule has 2 heterocycles. The highest BCUT2D eigenvalue weighted by atomic mass is 16.5. The maximum absolute atomic E-state index is 5.98. The normalized spacial score (nSPS) is 19.7. The number of amidine groups is 1. The van der Waals surface area contributed by atoms with Gasteiger partial charge in [-0.3, -0.25) is 0 Å². The topological polar surface area (TPSA) is 55.3 Å². The third-order valence-electron chi connectivity index (χ3n) is 8.08. The van der Waals surface area contributed by atoms with Gasteiger partial charge in [0.25, 0.3) is 0 Å². The van der Waals surface area contributed by atoms with Crippen molar-refractivity contribution in [2.75, 3.05) is 44.8 Å². The highest BCUT2D eigenvalue weighted by Crippen LogP contribution is 2.36. The number of benzene rings is 2. The third-order valence-corrected chi connectivity index (χ3v) is 8.08. The zero-order valence-corrected chi connectivity index (χ0v) is 24.3. The summed E-state index contributed by atoms with van der Waals surface area (Å²) in [6, 6.07) is 16.8. The minimum atomic E-state index is 0.350. The quantitative estimate of drug-likeness (QED) is 0.162. The van der Waals surface area contributed by atoms with Gasteiger partial charge in [0.2, 0.25) is 0 Å². The van der Waals surface area contributed by atoms with Gasteiger partial charge in [0.15, 0.2) is 0 Å². The van der Waals surface area contributed by atoms with Crippen LogP contribution in [0.5, 0.6) is 5.75 Å². The number of unbranched alkanes of at least 4 members (excludes halogenated alkanes) is 4. The highest BCUT2D eigenvalue weighted by molar-refractivity contribution is 5.81. The number of nitrogens with zero attached hydrogens (tertiary/aromatic N) is 2. The minimum absolute atomic E-state index is 0.350. The number of ether oxygens (including phenoxy) is 3. The molecule has 40 heavy (non-hydrogen) atoms. The monoisotopic (exact) mass is 543 g/mol. The Balaban J connectivity index is 1.14. The number of morpholine rings is 1. The molecule has 2 fully saturated rings. The predicted molar refractivity (Wildman–Crippen MR) is 164 cm³/mol. The van der Waals surface area contributed by atoms with E-state index in [4.69, 9.17) is 19.2 Å². The molecule has 2 aromatic rings. The summed E-state index contributed by atoms with van der Waals surface area (Å²) in [5, 5.41) is 3.47. The van der Waals surface area contributed by atoms with Crippen molar-refractivity contribution in [3.05, 3.63) is 72.1 Å². The molecule has 0 radical (unpaired) electrons. The standard InChI is InChI=1S/C34H45N3O3/c1-4-5-6-7-8-20-39-31-17-13-28(14-18-31)27-11-15-30(16-12-27)35-25(2)32-23-38-24-33(32)36-26(3)37-19-21-40-34(22-37)29-9-10-29/h11-18,29,34-35H,2,4-10,19-24H2,1,3H3. The van der Waals surface area contributed by atoms with Gasteiger partial charge < -0.3 is 24.4 Å². The molecule has 1 unspecified atom stereocenters. The van der Waals surface area contributed by atoms with Gasteiger partial charge in [-0.15, -0.1) is 0 Å². The van der Waals surface area contributed by atoms with E-state index in [1.54, 1.807) is 0 Å². The molecule has 6 nitrogen and oxygen atoms in total. The first-order valence-electron chi connectivity index (χ1n) is 15.1. The molecule has 0 spiro atoms. The SMILES string of the molecule is C=C(Nc1ccc(-c2ccc(OCCCCCCC)cc2)cc1)C1=C(N=C(C)N2CCOC(C3CC3)C2)COC1. The van der Waals surface area contributed by atoms with E-state index >= 15 is 0 Å². The number of anilines is 1. The van der Waals surface area contributed by atoms with Crippen molar-refractivity contribution < 1.29 is 14.2 Å². The van der Waals surface area contributed by atoms with Crippen molar-refractivity contribution in [2.24, 2.45) is 10.9 Å². The Labute approximate surface area is 240 Å². The van der Waals surface area contributed by atoms with Crippen LogP contribution in [0.2, 0.25) is 0 Å². The molecular weight excluding hydrogens is 498 g/mol. The van der Waals surface area contributed by atoms with Crippen LogP contribution in [0, 0.1) is 5.92 Å². The first-order chi connectivity index (χ1) is 19.6. The molecule has 5 rings (SSSR count). The van der Waals surface area contributed by atoms with E-state index in [0.29, 0.717) is 19.3 Å². The van der Waals surface area contributed by atoms with Crippen molar-refractivity contribution in [1.29, 1.82) is 0 Å². The van der Waals surface area contributed by atoms with Crippen LogP contribution in [0.15, 0.2) is 77.1 Å². The van der Waals surface area contributed by atoms with E-state index in [0.717, 1.165) is 72.9 Å². The van der Waals surface area contributed by atoms with Gasteiger partial charge in [0.1, 0.15) is 11.6 Å². The van der Waals surface area contributed by atoms with Crippen molar-refractivity contribution in [1.82, 2.24) is 4.90 Å². The fourth-order valence-corrected chi connectivity index (χ4v) is 5.40. The molecule has 3 aliphatic rings. The average Bonchev–Trinajstić information content (AvgIpc) is 3.74. The average molecular weight is 544 g/mol. The second kappa shape index (κ2) is 14.0. The van der Waals surface area contributed by atoms with E-state index < -0.39 is 0 Å². The summed E-state index contributed by atoms with van der Waals surface area (Å²) in [6.45, 7) is 13.1. The fourth-order valence-electron chi connectivity index (χ4n) is 5.40. The largest absolute Gasteiger partial charge is 0.494 e. The number of nitrogens with one attached hydrogen (secondary N) is 1. The zero-order chi connectivity index (χ0) is 27.7. The molecule has 1 saturated heterocycles. The molecule has 1 saturated carbocycles. The maximum Gasteiger partial charge on any atom is 0.119 e. The van der Waals surface area contributed by atoms with E-state index in [2.05, 4.69) is 79.2 Å². The van der Waals surface area contributed by atoms with E-state index in [-0.39, 0.29) is 0 Å². The Morgan fingerprint density at radius 1 is 1.00 bits per heavy atom. The summed E-state index contributed by atoms with van der Waals surface area (Å²) in [5.41, 5.74) is 6.18. The van der Waals surface area contributed by atoms with Gasteiger partial charge >= 0.3 is 0 Å². The van der Waals surface area contributed by atoms with Crippen molar-refractivity contribution in [3.63, 3.8) is 0 Å². The second-order valence-corrected chi connectivity index (χ2v) is 11.2. The molecule has 1 N–H and O–H groups in total. The maximum atomic E-state index is 5.98. The Hall–Kier alpha value is -3.09. The molecule has 214 valence electrons. The summed E-state index contributed by atoms with van der Waals surface area (Å²) in [5.74, 6) is 2.71. The van der Waals surface area contributed by atoms with Crippen molar-refractivity contribution >= 4 is 11.5 Å². The van der Waals surface area contributed by atoms with Gasteiger partial charge in [0.05, 0.1) is 38.2 Å². The highest BCUT2D eigenvalue weighted by Gasteiger charge is 2.35. The zero-order valence-electron chi connectivity index (χ0n) is 24.3. The lowest BCUT2D eigenvalue weighted by atomic mass is 10.1. The summed E-state index contributed by atoms with van der Waals surface area (Å²) < 4.78 is 17.7. The summed E-state index contributed by atoms with van der Waals surface area (Å²) in [7, 11) is 0. The summed E-state index contributed by atoms with van der Waals surface area (Å²) in [6.07, 6.45) is 9.19. The number of hydrogen-bond donors (Lipinski definition) is 1. The van der Waals surface area contributed by atoms with Crippen LogP contribution in [0.4, 0.5) is 5.69 Å². The van der Waals surface area contributed by atoms with Crippen molar-refractivity contribution in [3.8, 4) is 16.9 Å². The molecule has 2 aliphatic heterocycles. The van der Waals surface area contributed by atoms with Crippen LogP contribution in [0.1, 0.15) is 58.8 Å². The molecule has 0 aromatic heterocycles. The Morgan fingerprint density at radius 3 is 2.45 bits per heavy atom. The Bertz CT molecular complexity index is 1180. The Kier molecular flexibility index (Phi) is 9.95. The third kappa shape index (κ3) is 7.76. The smallest absolute Gasteiger partial charge is 0.119 e. The van der Waals surface area contributed by atoms with Crippen LogP contribution in [-0.4, -0.2) is 56.4 Å². The number of rotatable bonds is 13. The van der Waals surface area contributed by atoms with Crippen LogP contribution in [0.25, 0.3) is 11.1 Å². The first kappa shape index (κ1) is 28.4.